The van der Waals surface area contributed by atoms with E-state index in [9.17, 15) is 9.90 Å². The summed E-state index contributed by atoms with van der Waals surface area (Å²) in [5.74, 6) is 0.114. The van der Waals surface area contributed by atoms with E-state index < -0.39 is 0 Å². The zero-order chi connectivity index (χ0) is 14.5. The molecule has 0 aliphatic carbocycles. The summed E-state index contributed by atoms with van der Waals surface area (Å²) >= 11 is 5.91. The molecule has 104 valence electrons. The highest BCUT2D eigenvalue weighted by Gasteiger charge is 2.13. The van der Waals surface area contributed by atoms with Gasteiger partial charge in [0, 0.05) is 6.54 Å². The zero-order valence-corrected chi connectivity index (χ0v) is 11.7. The number of aliphatic hydroxyl groups is 1. The van der Waals surface area contributed by atoms with Crippen molar-refractivity contribution in [1.82, 2.24) is 15.3 Å². The fourth-order valence-corrected chi connectivity index (χ4v) is 1.93. The summed E-state index contributed by atoms with van der Waals surface area (Å²) in [7, 11) is 0. The second-order valence-electron chi connectivity index (χ2n) is 4.22. The van der Waals surface area contributed by atoms with E-state index in [2.05, 4.69) is 15.3 Å². The number of amides is 1. The summed E-state index contributed by atoms with van der Waals surface area (Å²) in [6.45, 7) is 1.92. The molecular weight excluding hydrogens is 278 g/mol. The number of carbonyl (C=O) groups is 1. The molecule has 0 radical (unpaired) electrons. The van der Waals surface area contributed by atoms with Gasteiger partial charge in [-0.15, -0.1) is 0 Å². The maximum absolute atomic E-state index is 12.0. The molecule has 0 saturated carbocycles. The van der Waals surface area contributed by atoms with Crippen LogP contribution in [0, 0.1) is 6.92 Å². The lowest BCUT2D eigenvalue weighted by molar-refractivity contribution is 0.0945. The van der Waals surface area contributed by atoms with Gasteiger partial charge in [0.2, 0.25) is 0 Å². The van der Waals surface area contributed by atoms with Gasteiger partial charge in [-0.3, -0.25) is 4.79 Å². The molecule has 0 fully saturated rings. The molecule has 6 heteroatoms. The monoisotopic (exact) mass is 291 g/mol. The summed E-state index contributed by atoms with van der Waals surface area (Å²) in [5, 5.41) is 12.2. The Morgan fingerprint density at radius 1 is 1.35 bits per heavy atom. The Labute approximate surface area is 121 Å². The molecule has 0 bridgehead atoms. The van der Waals surface area contributed by atoms with E-state index in [-0.39, 0.29) is 23.2 Å². The molecule has 2 rings (SSSR count). The maximum Gasteiger partial charge on any atom is 0.271 e. The molecular formula is C14H14ClN3O2. The highest BCUT2D eigenvalue weighted by Crippen LogP contribution is 2.13. The van der Waals surface area contributed by atoms with Crippen LogP contribution in [0.15, 0.2) is 30.5 Å². The topological polar surface area (TPSA) is 75.1 Å². The fourth-order valence-electron chi connectivity index (χ4n) is 1.76. The lowest BCUT2D eigenvalue weighted by Crippen LogP contribution is -2.25. The SMILES string of the molecule is Cc1ncc(Cl)c(C(=O)NCc2ccccc2CO)n1. The Bertz CT molecular complexity index is 632. The molecule has 1 amide bonds. The van der Waals surface area contributed by atoms with Crippen LogP contribution in [0.1, 0.15) is 27.4 Å². The maximum atomic E-state index is 12.0. The Morgan fingerprint density at radius 2 is 2.05 bits per heavy atom. The number of carbonyl (C=O) groups excluding carboxylic acids is 1. The van der Waals surface area contributed by atoms with Crippen LogP contribution in [-0.4, -0.2) is 21.0 Å². The minimum atomic E-state index is -0.367. The third kappa shape index (κ3) is 3.31. The van der Waals surface area contributed by atoms with Crippen molar-refractivity contribution in [2.24, 2.45) is 0 Å². The molecule has 2 N–H and O–H groups in total. The molecule has 1 aromatic heterocycles. The number of rotatable bonds is 4. The summed E-state index contributed by atoms with van der Waals surface area (Å²) < 4.78 is 0. The lowest BCUT2D eigenvalue weighted by atomic mass is 10.1. The first kappa shape index (κ1) is 14.4. The second kappa shape index (κ2) is 6.45. The predicted molar refractivity (Wildman–Crippen MR) is 75.3 cm³/mol. The molecule has 0 spiro atoms. The van der Waals surface area contributed by atoms with E-state index in [0.717, 1.165) is 11.1 Å². The standard InChI is InChI=1S/C14H14ClN3O2/c1-9-16-7-12(15)13(18-9)14(20)17-6-10-4-2-3-5-11(10)8-19/h2-5,7,19H,6,8H2,1H3,(H,17,20). The molecule has 5 nitrogen and oxygen atoms in total. The van der Waals surface area contributed by atoms with Gasteiger partial charge in [0.15, 0.2) is 0 Å². The van der Waals surface area contributed by atoms with Gasteiger partial charge in [0.1, 0.15) is 11.5 Å². The van der Waals surface area contributed by atoms with Gasteiger partial charge in [0.25, 0.3) is 5.91 Å². The number of hydrogen-bond acceptors (Lipinski definition) is 4. The fraction of sp³-hybridized carbons (Fsp3) is 0.214. The summed E-state index contributed by atoms with van der Waals surface area (Å²) in [6.07, 6.45) is 1.40. The van der Waals surface area contributed by atoms with Crippen LogP contribution in [-0.2, 0) is 13.2 Å². The van der Waals surface area contributed by atoms with Crippen LogP contribution in [0.3, 0.4) is 0 Å². The van der Waals surface area contributed by atoms with Crippen molar-refractivity contribution in [2.45, 2.75) is 20.1 Å². The van der Waals surface area contributed by atoms with Crippen molar-refractivity contribution < 1.29 is 9.90 Å². The van der Waals surface area contributed by atoms with Gasteiger partial charge in [0.05, 0.1) is 17.8 Å². The molecule has 1 aromatic carbocycles. The van der Waals surface area contributed by atoms with E-state index in [1.54, 1.807) is 6.92 Å². The lowest BCUT2D eigenvalue weighted by Gasteiger charge is -2.09. The summed E-state index contributed by atoms with van der Waals surface area (Å²) in [6, 6.07) is 7.34. The van der Waals surface area contributed by atoms with E-state index in [4.69, 9.17) is 11.6 Å². The largest absolute Gasteiger partial charge is 0.392 e. The summed E-state index contributed by atoms with van der Waals surface area (Å²) in [5.41, 5.74) is 1.78. The van der Waals surface area contributed by atoms with Crippen LogP contribution >= 0.6 is 11.6 Å². The van der Waals surface area contributed by atoms with Gasteiger partial charge in [-0.1, -0.05) is 35.9 Å². The average molecular weight is 292 g/mol. The molecule has 0 unspecified atom stereocenters. The number of hydrogen-bond donors (Lipinski definition) is 2. The Hall–Kier alpha value is -1.98. The molecule has 0 atom stereocenters. The van der Waals surface area contributed by atoms with E-state index in [1.807, 2.05) is 24.3 Å². The van der Waals surface area contributed by atoms with Crippen LogP contribution in [0.5, 0.6) is 0 Å². The van der Waals surface area contributed by atoms with Crippen molar-refractivity contribution in [3.05, 3.63) is 58.1 Å². The van der Waals surface area contributed by atoms with Crippen molar-refractivity contribution in [3.63, 3.8) is 0 Å². The van der Waals surface area contributed by atoms with E-state index in [0.29, 0.717) is 12.4 Å². The first-order valence-electron chi connectivity index (χ1n) is 6.07. The Morgan fingerprint density at radius 3 is 2.75 bits per heavy atom. The van der Waals surface area contributed by atoms with Crippen molar-refractivity contribution in [3.8, 4) is 0 Å². The molecule has 2 aromatic rings. The van der Waals surface area contributed by atoms with Crippen LogP contribution < -0.4 is 5.32 Å². The Balaban J connectivity index is 2.11. The average Bonchev–Trinajstić information content (AvgIpc) is 2.47. The molecule has 20 heavy (non-hydrogen) atoms. The Kier molecular flexibility index (Phi) is 4.65. The van der Waals surface area contributed by atoms with Crippen LogP contribution in [0.2, 0.25) is 5.02 Å². The van der Waals surface area contributed by atoms with Gasteiger partial charge in [-0.25, -0.2) is 9.97 Å². The highest BCUT2D eigenvalue weighted by atomic mass is 35.5. The number of nitrogens with zero attached hydrogens (tertiary/aromatic N) is 2. The van der Waals surface area contributed by atoms with Crippen LogP contribution in [0.4, 0.5) is 0 Å². The van der Waals surface area contributed by atoms with Crippen molar-refractivity contribution in [1.29, 1.82) is 0 Å². The first-order chi connectivity index (χ1) is 9.61. The minimum absolute atomic E-state index is 0.0700. The van der Waals surface area contributed by atoms with Crippen LogP contribution in [0.25, 0.3) is 0 Å². The minimum Gasteiger partial charge on any atom is -0.392 e. The number of aliphatic hydroxyl groups excluding tert-OH is 1. The van der Waals surface area contributed by atoms with Crippen molar-refractivity contribution in [2.75, 3.05) is 0 Å². The zero-order valence-electron chi connectivity index (χ0n) is 10.9. The number of aromatic nitrogens is 2. The normalized spacial score (nSPS) is 10.3. The number of nitrogens with one attached hydrogen (secondary N) is 1. The third-order valence-electron chi connectivity index (χ3n) is 2.81. The quantitative estimate of drug-likeness (QED) is 0.901. The van der Waals surface area contributed by atoms with Gasteiger partial charge < -0.3 is 10.4 Å². The molecule has 0 saturated heterocycles. The highest BCUT2D eigenvalue weighted by molar-refractivity contribution is 6.33. The molecule has 0 aliphatic heterocycles. The van der Waals surface area contributed by atoms with E-state index >= 15 is 0 Å². The number of halogens is 1. The van der Waals surface area contributed by atoms with Gasteiger partial charge >= 0.3 is 0 Å². The number of aryl methyl sites for hydroxylation is 1. The molecule has 0 aliphatic rings. The summed E-state index contributed by atoms with van der Waals surface area (Å²) in [4.78, 5) is 20.0. The predicted octanol–water partition coefficient (Wildman–Crippen LogP) is 1.86. The second-order valence-corrected chi connectivity index (χ2v) is 4.63. The third-order valence-corrected chi connectivity index (χ3v) is 3.08. The molecule has 1 heterocycles. The smallest absolute Gasteiger partial charge is 0.271 e. The van der Waals surface area contributed by atoms with Gasteiger partial charge in [-0.05, 0) is 18.1 Å². The number of benzene rings is 1. The first-order valence-corrected chi connectivity index (χ1v) is 6.44. The van der Waals surface area contributed by atoms with Gasteiger partial charge in [-0.2, -0.15) is 0 Å². The van der Waals surface area contributed by atoms with E-state index in [1.165, 1.54) is 6.20 Å². The van der Waals surface area contributed by atoms with Crippen molar-refractivity contribution >= 4 is 17.5 Å².